The van der Waals surface area contributed by atoms with Gasteiger partial charge in [0.15, 0.2) is 0 Å². The number of benzene rings is 3. The molecule has 0 aliphatic heterocycles. The van der Waals surface area contributed by atoms with Gasteiger partial charge < -0.3 is 10.2 Å². The van der Waals surface area contributed by atoms with Crippen molar-refractivity contribution in [3.05, 3.63) is 94.5 Å². The summed E-state index contributed by atoms with van der Waals surface area (Å²) < 4.78 is 29.4. The number of aryl methyl sites for hydroxylation is 1. The molecule has 0 unspecified atom stereocenters. The van der Waals surface area contributed by atoms with Gasteiger partial charge in [-0.2, -0.15) is 0 Å². The molecular weight excluding hydrogens is 566 g/mol. The first-order valence-electron chi connectivity index (χ1n) is 12.6. The number of carbonyl (C=O) groups excluding carboxylic acids is 2. The fourth-order valence-corrected chi connectivity index (χ4v) is 5.56. The maximum absolute atomic E-state index is 13.8. The molecule has 1 atom stereocenters. The van der Waals surface area contributed by atoms with E-state index in [0.717, 1.165) is 32.7 Å². The summed E-state index contributed by atoms with van der Waals surface area (Å²) in [4.78, 5) is 28.3. The Morgan fingerprint density at radius 3 is 2.18 bits per heavy atom. The molecule has 0 aliphatic carbocycles. The molecule has 0 aliphatic rings. The minimum Gasteiger partial charge on any atom is -0.354 e. The fraction of sp³-hybridized carbons (Fsp3) is 0.310. The number of anilines is 1. The normalized spacial score (nSPS) is 12.0. The Morgan fingerprint density at radius 2 is 1.58 bits per heavy atom. The molecule has 9 heteroatoms. The molecule has 0 saturated heterocycles. The molecule has 0 heterocycles. The van der Waals surface area contributed by atoms with Gasteiger partial charge in [-0.25, -0.2) is 8.42 Å². The van der Waals surface area contributed by atoms with Crippen molar-refractivity contribution < 1.29 is 18.0 Å². The first-order chi connectivity index (χ1) is 18.1. The van der Waals surface area contributed by atoms with E-state index < -0.39 is 28.5 Å². The molecule has 202 valence electrons. The number of rotatable bonds is 12. The molecule has 0 spiro atoms. The zero-order valence-corrected chi connectivity index (χ0v) is 24.3. The monoisotopic (exact) mass is 599 g/mol. The molecule has 2 amide bonds. The van der Waals surface area contributed by atoms with E-state index in [1.54, 1.807) is 49.4 Å². The third-order valence-corrected chi connectivity index (χ3v) is 8.51. The van der Waals surface area contributed by atoms with Gasteiger partial charge in [0.2, 0.25) is 11.8 Å². The summed E-state index contributed by atoms with van der Waals surface area (Å²) in [5, 5.41) is 2.89. The maximum atomic E-state index is 13.8. The largest absolute Gasteiger partial charge is 0.354 e. The molecule has 3 aromatic rings. The molecule has 3 rings (SSSR count). The van der Waals surface area contributed by atoms with Crippen molar-refractivity contribution >= 4 is 43.5 Å². The lowest BCUT2D eigenvalue weighted by atomic mass is 10.1. The van der Waals surface area contributed by atoms with Gasteiger partial charge in [-0.3, -0.25) is 13.9 Å². The van der Waals surface area contributed by atoms with E-state index in [1.165, 1.54) is 17.0 Å². The molecule has 3 aromatic carbocycles. The van der Waals surface area contributed by atoms with Gasteiger partial charge in [0.25, 0.3) is 10.0 Å². The topological polar surface area (TPSA) is 86.8 Å². The Hall–Kier alpha value is -3.17. The fourth-order valence-electron chi connectivity index (χ4n) is 3.86. The van der Waals surface area contributed by atoms with Crippen molar-refractivity contribution in [3.8, 4) is 0 Å². The van der Waals surface area contributed by atoms with Crippen LogP contribution in [0.25, 0.3) is 0 Å². The average Bonchev–Trinajstić information content (AvgIpc) is 2.92. The highest BCUT2D eigenvalue weighted by atomic mass is 79.9. The third-order valence-electron chi connectivity index (χ3n) is 6.20. The van der Waals surface area contributed by atoms with E-state index in [1.807, 2.05) is 38.1 Å². The number of hydrogen-bond donors (Lipinski definition) is 1. The highest BCUT2D eigenvalue weighted by molar-refractivity contribution is 9.10. The van der Waals surface area contributed by atoms with E-state index in [-0.39, 0.29) is 17.3 Å². The van der Waals surface area contributed by atoms with Crippen LogP contribution in [0.1, 0.15) is 37.8 Å². The van der Waals surface area contributed by atoms with E-state index in [2.05, 4.69) is 21.2 Å². The van der Waals surface area contributed by atoms with Crippen LogP contribution in [0.15, 0.2) is 88.2 Å². The summed E-state index contributed by atoms with van der Waals surface area (Å²) in [6.45, 7) is 5.82. The van der Waals surface area contributed by atoms with Crippen LogP contribution < -0.4 is 9.62 Å². The lowest BCUT2D eigenvalue weighted by molar-refractivity contribution is -0.139. The van der Waals surface area contributed by atoms with Gasteiger partial charge in [0, 0.05) is 17.6 Å². The number of carbonyl (C=O) groups is 2. The molecule has 0 fully saturated rings. The second kappa shape index (κ2) is 13.6. The Balaban J connectivity index is 1.97. The molecule has 0 radical (unpaired) electrons. The van der Waals surface area contributed by atoms with E-state index in [9.17, 15) is 18.0 Å². The Kier molecular flexibility index (Phi) is 10.5. The summed E-state index contributed by atoms with van der Waals surface area (Å²) in [5.74, 6) is -0.761. The molecular formula is C29H34BrN3O4S. The van der Waals surface area contributed by atoms with Crippen LogP contribution >= 0.6 is 15.9 Å². The van der Waals surface area contributed by atoms with Crippen molar-refractivity contribution in [1.29, 1.82) is 0 Å². The second-order valence-electron chi connectivity index (χ2n) is 9.13. The van der Waals surface area contributed by atoms with Gasteiger partial charge in [0.1, 0.15) is 12.6 Å². The second-order valence-corrected chi connectivity index (χ2v) is 11.9. The number of nitrogens with one attached hydrogen (secondary N) is 1. The molecule has 0 aromatic heterocycles. The van der Waals surface area contributed by atoms with E-state index in [4.69, 9.17) is 0 Å². The summed E-state index contributed by atoms with van der Waals surface area (Å²) in [6.07, 6.45) is 1.76. The number of hydrogen-bond acceptors (Lipinski definition) is 4. The number of unbranched alkanes of at least 4 members (excludes halogenated alkanes) is 1. The first-order valence-corrected chi connectivity index (χ1v) is 14.8. The van der Waals surface area contributed by atoms with Crippen LogP contribution in [0.5, 0.6) is 0 Å². The Morgan fingerprint density at radius 1 is 0.947 bits per heavy atom. The average molecular weight is 601 g/mol. The van der Waals surface area contributed by atoms with Gasteiger partial charge in [0.05, 0.1) is 10.6 Å². The smallest absolute Gasteiger partial charge is 0.264 e. The minimum atomic E-state index is -4.06. The van der Waals surface area contributed by atoms with Crippen molar-refractivity contribution in [1.82, 2.24) is 10.2 Å². The van der Waals surface area contributed by atoms with Gasteiger partial charge in [-0.05, 0) is 62.2 Å². The van der Waals surface area contributed by atoms with Gasteiger partial charge in [-0.1, -0.05) is 77.3 Å². The molecule has 0 bridgehead atoms. The standard InChI is InChI=1S/C29H34BrN3O4S/c1-4-5-19-31-29(35)23(3)32(20-24-13-15-25(30)16-14-24)28(34)21-33(26-17-11-22(2)12-18-26)38(36,37)27-9-7-6-8-10-27/h6-18,23H,4-5,19-21H2,1-3H3,(H,31,35)/t23-/m1/s1. The molecule has 1 N–H and O–H groups in total. The van der Waals surface area contributed by atoms with Crippen molar-refractivity contribution in [3.63, 3.8) is 0 Å². The highest BCUT2D eigenvalue weighted by Gasteiger charge is 2.32. The number of nitrogens with zero attached hydrogens (tertiary/aromatic N) is 2. The van der Waals surface area contributed by atoms with Crippen LogP contribution in [-0.2, 0) is 26.2 Å². The summed E-state index contributed by atoms with van der Waals surface area (Å²) in [6, 6.07) is 21.7. The van der Waals surface area contributed by atoms with Crippen molar-refractivity contribution in [2.45, 2.75) is 51.1 Å². The van der Waals surface area contributed by atoms with Crippen LogP contribution in [-0.4, -0.2) is 44.3 Å². The minimum absolute atomic E-state index is 0.0817. The highest BCUT2D eigenvalue weighted by Crippen LogP contribution is 2.25. The zero-order valence-electron chi connectivity index (χ0n) is 21.9. The summed E-state index contributed by atoms with van der Waals surface area (Å²) >= 11 is 3.42. The van der Waals surface area contributed by atoms with Crippen LogP contribution in [0.4, 0.5) is 5.69 Å². The quantitative estimate of drug-likeness (QED) is 0.287. The van der Waals surface area contributed by atoms with E-state index >= 15 is 0 Å². The third kappa shape index (κ3) is 7.68. The molecule has 38 heavy (non-hydrogen) atoms. The Bertz CT molecular complexity index is 1310. The molecule has 0 saturated carbocycles. The van der Waals surface area contributed by atoms with Crippen molar-refractivity contribution in [2.75, 3.05) is 17.4 Å². The maximum Gasteiger partial charge on any atom is 0.264 e. The lowest BCUT2D eigenvalue weighted by Crippen LogP contribution is -2.51. The molecule has 7 nitrogen and oxygen atoms in total. The number of sulfonamides is 1. The zero-order chi connectivity index (χ0) is 27.7. The lowest BCUT2D eigenvalue weighted by Gasteiger charge is -2.32. The van der Waals surface area contributed by atoms with Crippen molar-refractivity contribution in [2.24, 2.45) is 0 Å². The van der Waals surface area contributed by atoms with Crippen LogP contribution in [0.3, 0.4) is 0 Å². The Labute approximate surface area is 234 Å². The number of halogens is 1. The number of amides is 2. The van der Waals surface area contributed by atoms with Gasteiger partial charge in [-0.15, -0.1) is 0 Å². The van der Waals surface area contributed by atoms with Gasteiger partial charge >= 0.3 is 0 Å². The SMILES string of the molecule is CCCCNC(=O)[C@@H](C)N(Cc1ccc(Br)cc1)C(=O)CN(c1ccc(C)cc1)S(=O)(=O)c1ccccc1. The predicted molar refractivity (Wildman–Crippen MR) is 154 cm³/mol. The summed E-state index contributed by atoms with van der Waals surface area (Å²) in [7, 11) is -4.06. The van der Waals surface area contributed by atoms with Crippen LogP contribution in [0, 0.1) is 6.92 Å². The predicted octanol–water partition coefficient (Wildman–Crippen LogP) is 5.29. The van der Waals surface area contributed by atoms with E-state index in [0.29, 0.717) is 12.2 Å². The summed E-state index contributed by atoms with van der Waals surface area (Å²) in [5.41, 5.74) is 2.16. The first kappa shape index (κ1) is 29.4. The van der Waals surface area contributed by atoms with Crippen LogP contribution in [0.2, 0.25) is 0 Å².